The largest absolute Gasteiger partial charge is 0.368 e. The van der Waals surface area contributed by atoms with Crippen molar-refractivity contribution in [1.29, 1.82) is 5.26 Å². The number of para-hydroxylation sites is 1. The second-order valence-corrected chi connectivity index (χ2v) is 7.48. The Balaban J connectivity index is 2.16. The Labute approximate surface area is 123 Å². The molecule has 0 unspecified atom stereocenters. The molecule has 1 aliphatic rings. The number of aromatic nitrogens is 1. The minimum Gasteiger partial charge on any atom is -0.368 e. The Morgan fingerprint density at radius 2 is 2.15 bits per heavy atom. The van der Waals surface area contributed by atoms with Gasteiger partial charge in [-0.3, -0.25) is 4.98 Å². The van der Waals surface area contributed by atoms with Gasteiger partial charge in [-0.25, -0.2) is 0 Å². The Bertz CT molecular complexity index is 688. The van der Waals surface area contributed by atoms with Crippen LogP contribution >= 0.6 is 11.8 Å². The van der Waals surface area contributed by atoms with Gasteiger partial charge < -0.3 is 4.90 Å². The van der Waals surface area contributed by atoms with Crippen LogP contribution in [0, 0.1) is 11.3 Å². The van der Waals surface area contributed by atoms with E-state index in [4.69, 9.17) is 0 Å². The lowest BCUT2D eigenvalue weighted by atomic mass is 10.1. The van der Waals surface area contributed by atoms with Crippen LogP contribution in [0.4, 0.5) is 5.69 Å². The Kier molecular flexibility index (Phi) is 3.31. The van der Waals surface area contributed by atoms with E-state index in [1.165, 1.54) is 0 Å². The molecule has 0 spiro atoms. The monoisotopic (exact) mass is 283 g/mol. The predicted molar refractivity (Wildman–Crippen MR) is 85.2 cm³/mol. The van der Waals surface area contributed by atoms with E-state index in [1.807, 2.05) is 30.0 Å². The highest BCUT2D eigenvalue weighted by Gasteiger charge is 2.29. The van der Waals surface area contributed by atoms with Gasteiger partial charge in [-0.05, 0) is 19.9 Å². The SMILES string of the molecule is CC1(C)CN(c2c(C#N)cnc3ccccc23)CCS1. The van der Waals surface area contributed by atoms with E-state index in [0.29, 0.717) is 5.56 Å². The number of nitriles is 1. The van der Waals surface area contributed by atoms with Crippen molar-refractivity contribution in [2.75, 3.05) is 23.7 Å². The molecular formula is C16H17N3S. The molecule has 102 valence electrons. The van der Waals surface area contributed by atoms with Crippen LogP contribution in [0.5, 0.6) is 0 Å². The van der Waals surface area contributed by atoms with Crippen molar-refractivity contribution in [3.8, 4) is 6.07 Å². The Morgan fingerprint density at radius 3 is 2.90 bits per heavy atom. The highest BCUT2D eigenvalue weighted by Crippen LogP contribution is 2.36. The molecule has 0 N–H and O–H groups in total. The average molecular weight is 283 g/mol. The summed E-state index contributed by atoms with van der Waals surface area (Å²) in [6.45, 7) is 6.47. The van der Waals surface area contributed by atoms with Gasteiger partial charge in [0.1, 0.15) is 6.07 Å². The third-order valence-electron chi connectivity index (χ3n) is 3.61. The predicted octanol–water partition coefficient (Wildman–Crippen LogP) is 3.44. The van der Waals surface area contributed by atoms with E-state index in [9.17, 15) is 5.26 Å². The van der Waals surface area contributed by atoms with Gasteiger partial charge in [-0.2, -0.15) is 17.0 Å². The van der Waals surface area contributed by atoms with Crippen LogP contribution in [0.2, 0.25) is 0 Å². The van der Waals surface area contributed by atoms with Crippen LogP contribution in [0.1, 0.15) is 19.4 Å². The van der Waals surface area contributed by atoms with Crippen LogP contribution in [0.15, 0.2) is 30.5 Å². The summed E-state index contributed by atoms with van der Waals surface area (Å²) in [5, 5.41) is 10.5. The molecule has 3 nitrogen and oxygen atoms in total. The quantitative estimate of drug-likeness (QED) is 0.804. The fourth-order valence-corrected chi connectivity index (χ4v) is 3.87. The second kappa shape index (κ2) is 4.99. The molecule has 0 saturated carbocycles. The lowest BCUT2D eigenvalue weighted by Gasteiger charge is -2.39. The third kappa shape index (κ3) is 2.34. The molecule has 1 fully saturated rings. The second-order valence-electron chi connectivity index (χ2n) is 5.68. The van der Waals surface area contributed by atoms with Crippen LogP contribution in [-0.2, 0) is 0 Å². The first-order valence-corrected chi connectivity index (χ1v) is 7.76. The van der Waals surface area contributed by atoms with E-state index >= 15 is 0 Å². The van der Waals surface area contributed by atoms with Crippen LogP contribution in [-0.4, -0.2) is 28.6 Å². The summed E-state index contributed by atoms with van der Waals surface area (Å²) in [6, 6.07) is 10.4. The van der Waals surface area contributed by atoms with Crippen molar-refractivity contribution in [2.24, 2.45) is 0 Å². The zero-order chi connectivity index (χ0) is 14.2. The first-order chi connectivity index (χ1) is 9.61. The molecule has 1 aliphatic heterocycles. The fraction of sp³-hybridized carbons (Fsp3) is 0.375. The standard InChI is InChI=1S/C16H17N3S/c1-16(2)11-19(7-8-20-16)15-12(9-17)10-18-14-6-4-3-5-13(14)15/h3-6,10H,7-8,11H2,1-2H3. The number of nitrogens with zero attached hydrogens (tertiary/aromatic N) is 3. The molecule has 2 heterocycles. The summed E-state index contributed by atoms with van der Waals surface area (Å²) in [5.74, 6) is 1.09. The normalized spacial score (nSPS) is 17.9. The fourth-order valence-electron chi connectivity index (χ4n) is 2.76. The first-order valence-electron chi connectivity index (χ1n) is 6.77. The number of thioether (sulfide) groups is 1. The lowest BCUT2D eigenvalue weighted by Crippen LogP contribution is -2.43. The van der Waals surface area contributed by atoms with E-state index in [0.717, 1.165) is 35.4 Å². The maximum Gasteiger partial charge on any atom is 0.103 e. The van der Waals surface area contributed by atoms with Crippen LogP contribution < -0.4 is 4.90 Å². The van der Waals surface area contributed by atoms with Gasteiger partial charge in [-0.1, -0.05) is 18.2 Å². The molecule has 3 rings (SSSR count). The molecule has 1 aromatic heterocycles. The Hall–Kier alpha value is -1.73. The average Bonchev–Trinajstić information content (AvgIpc) is 2.45. The number of fused-ring (bicyclic) bond motifs is 1. The molecule has 2 aromatic rings. The topological polar surface area (TPSA) is 39.9 Å². The third-order valence-corrected chi connectivity index (χ3v) is 4.91. The number of pyridine rings is 1. The van der Waals surface area contributed by atoms with E-state index in [2.05, 4.69) is 35.9 Å². The summed E-state index contributed by atoms with van der Waals surface area (Å²) in [5.41, 5.74) is 2.68. The smallest absolute Gasteiger partial charge is 0.103 e. The van der Waals surface area contributed by atoms with Crippen molar-refractivity contribution >= 4 is 28.4 Å². The van der Waals surface area contributed by atoms with Gasteiger partial charge in [0.2, 0.25) is 0 Å². The van der Waals surface area contributed by atoms with Crippen LogP contribution in [0.3, 0.4) is 0 Å². The molecule has 4 heteroatoms. The number of hydrogen-bond donors (Lipinski definition) is 0. The highest BCUT2D eigenvalue weighted by atomic mass is 32.2. The molecule has 0 radical (unpaired) electrons. The summed E-state index contributed by atoms with van der Waals surface area (Å²) in [4.78, 5) is 6.74. The summed E-state index contributed by atoms with van der Waals surface area (Å²) < 4.78 is 0.218. The van der Waals surface area contributed by atoms with E-state index in [1.54, 1.807) is 6.20 Å². The minimum atomic E-state index is 0.218. The van der Waals surface area contributed by atoms with Crippen molar-refractivity contribution in [3.63, 3.8) is 0 Å². The number of hydrogen-bond acceptors (Lipinski definition) is 4. The summed E-state index contributed by atoms with van der Waals surface area (Å²) in [6.07, 6.45) is 1.70. The zero-order valence-corrected chi connectivity index (χ0v) is 12.6. The lowest BCUT2D eigenvalue weighted by molar-refractivity contribution is 0.648. The summed E-state index contributed by atoms with van der Waals surface area (Å²) in [7, 11) is 0. The van der Waals surface area contributed by atoms with Crippen molar-refractivity contribution in [2.45, 2.75) is 18.6 Å². The molecule has 0 aliphatic carbocycles. The molecule has 20 heavy (non-hydrogen) atoms. The van der Waals surface area contributed by atoms with Gasteiger partial charge >= 0.3 is 0 Å². The van der Waals surface area contributed by atoms with Crippen molar-refractivity contribution in [1.82, 2.24) is 4.98 Å². The molecular weight excluding hydrogens is 266 g/mol. The maximum absolute atomic E-state index is 9.42. The Morgan fingerprint density at radius 1 is 1.35 bits per heavy atom. The van der Waals surface area contributed by atoms with Gasteiger partial charge in [0.25, 0.3) is 0 Å². The molecule has 0 bridgehead atoms. The minimum absolute atomic E-state index is 0.218. The number of benzene rings is 1. The number of anilines is 1. The van der Waals surface area contributed by atoms with Crippen LogP contribution in [0.25, 0.3) is 10.9 Å². The van der Waals surface area contributed by atoms with Gasteiger partial charge in [0.15, 0.2) is 0 Å². The van der Waals surface area contributed by atoms with Gasteiger partial charge in [-0.15, -0.1) is 0 Å². The molecule has 1 aromatic carbocycles. The van der Waals surface area contributed by atoms with E-state index in [-0.39, 0.29) is 4.75 Å². The van der Waals surface area contributed by atoms with E-state index < -0.39 is 0 Å². The molecule has 0 atom stereocenters. The highest BCUT2D eigenvalue weighted by molar-refractivity contribution is 8.00. The van der Waals surface area contributed by atoms with Gasteiger partial charge in [0, 0.05) is 35.2 Å². The first kappa shape index (κ1) is 13.3. The molecule has 0 amide bonds. The maximum atomic E-state index is 9.42. The molecule has 1 saturated heterocycles. The zero-order valence-electron chi connectivity index (χ0n) is 11.8. The summed E-state index contributed by atoms with van der Waals surface area (Å²) >= 11 is 2.00. The van der Waals surface area contributed by atoms with Gasteiger partial charge in [0.05, 0.1) is 16.8 Å². The number of rotatable bonds is 1. The van der Waals surface area contributed by atoms with Crippen molar-refractivity contribution < 1.29 is 0 Å². The van der Waals surface area contributed by atoms with Crippen molar-refractivity contribution in [3.05, 3.63) is 36.0 Å².